The number of hydrogen-bond acceptors (Lipinski definition) is 4. The minimum absolute atomic E-state index is 0.324. The second kappa shape index (κ2) is 15.1. The molecule has 0 saturated carbocycles. The molecule has 0 unspecified atom stereocenters. The van der Waals surface area contributed by atoms with Crippen LogP contribution < -0.4 is 11.1 Å². The van der Waals surface area contributed by atoms with E-state index in [1.54, 1.807) is 6.07 Å². The molecular formula is C20H32ClN3O. The molecule has 4 nitrogen and oxygen atoms in total. The van der Waals surface area contributed by atoms with Crippen molar-refractivity contribution < 1.29 is 5.11 Å². The van der Waals surface area contributed by atoms with Crippen molar-refractivity contribution in [1.82, 2.24) is 10.3 Å². The zero-order valence-electron chi connectivity index (χ0n) is 15.1. The largest absolute Gasteiger partial charge is 0.396 e. The highest BCUT2D eigenvalue weighted by Crippen LogP contribution is 2.13. The van der Waals surface area contributed by atoms with Crippen molar-refractivity contribution >= 4 is 22.5 Å². The Morgan fingerprint density at radius 3 is 2.28 bits per heavy atom. The second-order valence-electron chi connectivity index (χ2n) is 6.06. The van der Waals surface area contributed by atoms with Gasteiger partial charge in [0.05, 0.1) is 5.52 Å². The normalized spacial score (nSPS) is 13.4. The molecule has 0 amide bonds. The monoisotopic (exact) mass is 365 g/mol. The highest BCUT2D eigenvalue weighted by Gasteiger charge is 1.94. The predicted molar refractivity (Wildman–Crippen MR) is 108 cm³/mol. The Bertz CT molecular complexity index is 544. The van der Waals surface area contributed by atoms with Crippen LogP contribution in [0.3, 0.4) is 0 Å². The van der Waals surface area contributed by atoms with Crippen molar-refractivity contribution in [1.29, 1.82) is 0 Å². The van der Waals surface area contributed by atoms with E-state index >= 15 is 0 Å². The van der Waals surface area contributed by atoms with Crippen LogP contribution >= 0.6 is 11.6 Å². The van der Waals surface area contributed by atoms with E-state index in [1.165, 1.54) is 32.4 Å². The van der Waals surface area contributed by atoms with Crippen molar-refractivity contribution in [2.45, 2.75) is 44.9 Å². The third-order valence-corrected chi connectivity index (χ3v) is 4.09. The van der Waals surface area contributed by atoms with Gasteiger partial charge in [-0.3, -0.25) is 0 Å². The molecule has 4 N–H and O–H groups in total. The maximum absolute atomic E-state index is 8.33. The summed E-state index contributed by atoms with van der Waals surface area (Å²) in [5.41, 5.74) is 6.19. The van der Waals surface area contributed by atoms with Gasteiger partial charge in [0.1, 0.15) is 5.15 Å². The smallest absolute Gasteiger partial charge is 0.129 e. The van der Waals surface area contributed by atoms with Gasteiger partial charge < -0.3 is 16.2 Å². The van der Waals surface area contributed by atoms with Gasteiger partial charge in [0.15, 0.2) is 0 Å². The minimum atomic E-state index is 0.324. The first-order valence-corrected chi connectivity index (χ1v) is 9.68. The molecule has 3 rings (SSSR count). The van der Waals surface area contributed by atoms with Crippen molar-refractivity contribution in [3.8, 4) is 0 Å². The Labute approximate surface area is 156 Å². The van der Waals surface area contributed by atoms with Gasteiger partial charge in [-0.1, -0.05) is 49.1 Å². The molecule has 0 spiro atoms. The predicted octanol–water partition coefficient (Wildman–Crippen LogP) is 4.15. The average molecular weight is 366 g/mol. The van der Waals surface area contributed by atoms with Crippen LogP contribution in [0.5, 0.6) is 0 Å². The van der Waals surface area contributed by atoms with Crippen LogP contribution in [-0.4, -0.2) is 36.3 Å². The summed E-state index contributed by atoms with van der Waals surface area (Å²) in [4.78, 5) is 4.14. The van der Waals surface area contributed by atoms with Crippen LogP contribution in [0.25, 0.3) is 10.9 Å². The average Bonchev–Trinajstić information content (AvgIpc) is 2.68. The van der Waals surface area contributed by atoms with Gasteiger partial charge >= 0.3 is 0 Å². The van der Waals surface area contributed by atoms with Gasteiger partial charge in [-0.05, 0) is 63.5 Å². The van der Waals surface area contributed by atoms with Gasteiger partial charge in [0.2, 0.25) is 0 Å². The summed E-state index contributed by atoms with van der Waals surface area (Å²) in [6.07, 6.45) is 8.53. The Morgan fingerprint density at radius 1 is 0.960 bits per heavy atom. The first-order valence-electron chi connectivity index (χ1n) is 9.31. The molecule has 25 heavy (non-hydrogen) atoms. The molecule has 1 aromatic heterocycles. The van der Waals surface area contributed by atoms with Crippen molar-refractivity contribution in [2.75, 3.05) is 26.2 Å². The number of rotatable bonds is 5. The number of aliphatic hydroxyl groups excluding tert-OH is 1. The van der Waals surface area contributed by atoms with E-state index < -0.39 is 0 Å². The number of pyridine rings is 1. The standard InChI is InChI=1S/C9H6ClN.C6H15NO.C5H11N/c10-9-6-5-7-3-1-2-4-8(7)11-9;7-5-3-1-2-4-6-8;1-2-4-6-5-3-1/h1-6H;8H,1-7H2;6H,1-5H2. The molecule has 5 heteroatoms. The zero-order valence-corrected chi connectivity index (χ0v) is 15.8. The fourth-order valence-corrected chi connectivity index (χ4v) is 2.61. The number of para-hydroxylation sites is 1. The van der Waals surface area contributed by atoms with Gasteiger partial charge in [0.25, 0.3) is 0 Å². The molecule has 0 radical (unpaired) electrons. The van der Waals surface area contributed by atoms with Crippen LogP contribution in [0.15, 0.2) is 36.4 Å². The molecule has 0 atom stereocenters. The summed E-state index contributed by atoms with van der Waals surface area (Å²) in [6, 6.07) is 11.7. The maximum atomic E-state index is 8.33. The van der Waals surface area contributed by atoms with Gasteiger partial charge in [-0.15, -0.1) is 0 Å². The number of aromatic nitrogens is 1. The first kappa shape index (κ1) is 21.8. The highest BCUT2D eigenvalue weighted by molar-refractivity contribution is 6.29. The number of halogens is 1. The topological polar surface area (TPSA) is 71.2 Å². The number of unbranched alkanes of at least 4 members (excludes halogenated alkanes) is 3. The lowest BCUT2D eigenvalue weighted by atomic mass is 10.2. The van der Waals surface area contributed by atoms with Crippen molar-refractivity contribution in [2.24, 2.45) is 5.73 Å². The number of nitrogens with one attached hydrogen (secondary N) is 1. The molecule has 2 aromatic rings. The summed E-state index contributed by atoms with van der Waals surface area (Å²) in [5.74, 6) is 0. The fraction of sp³-hybridized carbons (Fsp3) is 0.550. The SMILES string of the molecule is C1CCNCC1.Clc1ccc2ccccc2n1.NCCCCCCO. The highest BCUT2D eigenvalue weighted by atomic mass is 35.5. The zero-order chi connectivity index (χ0) is 18.2. The van der Waals surface area contributed by atoms with E-state index in [4.69, 9.17) is 22.4 Å². The number of benzene rings is 1. The Morgan fingerprint density at radius 2 is 1.68 bits per heavy atom. The summed E-state index contributed by atoms with van der Waals surface area (Å²) in [7, 11) is 0. The van der Waals surface area contributed by atoms with Crippen molar-refractivity contribution in [3.63, 3.8) is 0 Å². The molecule has 1 saturated heterocycles. The number of hydrogen-bond donors (Lipinski definition) is 3. The van der Waals surface area contributed by atoms with Gasteiger partial charge in [0, 0.05) is 12.0 Å². The molecule has 1 aromatic carbocycles. The second-order valence-corrected chi connectivity index (χ2v) is 6.45. The summed E-state index contributed by atoms with van der Waals surface area (Å²) in [6.45, 7) is 3.61. The van der Waals surface area contributed by atoms with Gasteiger partial charge in [-0.2, -0.15) is 0 Å². The lowest BCUT2D eigenvalue weighted by Gasteiger charge is -2.08. The van der Waals surface area contributed by atoms with E-state index in [1.807, 2.05) is 30.3 Å². The summed E-state index contributed by atoms with van der Waals surface area (Å²) >= 11 is 5.71. The molecule has 0 bridgehead atoms. The molecule has 2 heterocycles. The molecule has 1 aliphatic heterocycles. The number of nitrogens with zero attached hydrogens (tertiary/aromatic N) is 1. The van der Waals surface area contributed by atoms with E-state index in [-0.39, 0.29) is 0 Å². The lowest BCUT2D eigenvalue weighted by molar-refractivity contribution is 0.282. The summed E-state index contributed by atoms with van der Waals surface area (Å²) in [5, 5.41) is 13.3. The molecule has 1 aliphatic rings. The van der Waals surface area contributed by atoms with Gasteiger partial charge in [-0.25, -0.2) is 4.98 Å². The molecule has 1 fully saturated rings. The maximum Gasteiger partial charge on any atom is 0.129 e. The van der Waals surface area contributed by atoms with E-state index in [9.17, 15) is 0 Å². The van der Waals surface area contributed by atoms with Crippen LogP contribution in [0, 0.1) is 0 Å². The first-order chi connectivity index (χ1) is 12.3. The number of nitrogens with two attached hydrogens (primary N) is 1. The minimum Gasteiger partial charge on any atom is -0.396 e. The third-order valence-electron chi connectivity index (χ3n) is 3.88. The number of aliphatic hydroxyl groups is 1. The van der Waals surface area contributed by atoms with Crippen LogP contribution in [-0.2, 0) is 0 Å². The van der Waals surface area contributed by atoms with Crippen molar-refractivity contribution in [3.05, 3.63) is 41.6 Å². The lowest BCUT2D eigenvalue weighted by Crippen LogP contribution is -2.21. The van der Waals surface area contributed by atoms with E-state index in [0.29, 0.717) is 11.8 Å². The van der Waals surface area contributed by atoms with Crippen LogP contribution in [0.4, 0.5) is 0 Å². The van der Waals surface area contributed by atoms with Crippen LogP contribution in [0.1, 0.15) is 44.9 Å². The van der Waals surface area contributed by atoms with Crippen LogP contribution in [0.2, 0.25) is 5.15 Å². The molecule has 0 aliphatic carbocycles. The third kappa shape index (κ3) is 11.1. The van der Waals surface area contributed by atoms with E-state index in [2.05, 4.69) is 10.3 Å². The number of piperidine rings is 1. The molecular weight excluding hydrogens is 334 g/mol. The fourth-order valence-electron chi connectivity index (χ4n) is 2.45. The quantitative estimate of drug-likeness (QED) is 0.550. The Hall–Kier alpha value is -1.20. The molecule has 140 valence electrons. The Kier molecular flexibility index (Phi) is 13.2. The van der Waals surface area contributed by atoms with E-state index in [0.717, 1.165) is 43.1 Å². The Balaban J connectivity index is 0.000000198. The number of fused-ring (bicyclic) bond motifs is 1. The summed E-state index contributed by atoms with van der Waals surface area (Å²) < 4.78 is 0.